The fourth-order valence-electron chi connectivity index (χ4n) is 2.51. The summed E-state index contributed by atoms with van der Waals surface area (Å²) in [6.07, 6.45) is 1.89. The summed E-state index contributed by atoms with van der Waals surface area (Å²) in [7, 11) is 1.71. The molecule has 0 aliphatic rings. The Bertz CT molecular complexity index is 826. The standard InChI is InChI=1S/C19H21FN4S/c1-21-19(23-13-14-7-2-3-8-15(14)20)22-12-6-11-18-24-16-9-4-5-10-17(16)25-18/h2-5,7-10H,6,11-13H2,1H3,(H2,21,22,23). The van der Waals surface area contributed by atoms with E-state index in [4.69, 9.17) is 0 Å². The Labute approximate surface area is 150 Å². The zero-order chi connectivity index (χ0) is 17.5. The summed E-state index contributed by atoms with van der Waals surface area (Å²) in [6.45, 7) is 1.19. The van der Waals surface area contributed by atoms with Crippen molar-refractivity contribution in [3.8, 4) is 0 Å². The van der Waals surface area contributed by atoms with E-state index in [2.05, 4.69) is 26.7 Å². The molecular weight excluding hydrogens is 335 g/mol. The molecule has 130 valence electrons. The molecule has 3 rings (SSSR count). The van der Waals surface area contributed by atoms with Gasteiger partial charge in [0.1, 0.15) is 5.82 Å². The van der Waals surface area contributed by atoms with Crippen LogP contribution in [0.1, 0.15) is 17.0 Å². The molecule has 0 saturated heterocycles. The van der Waals surface area contributed by atoms with Crippen LogP contribution < -0.4 is 10.6 Å². The number of halogens is 1. The van der Waals surface area contributed by atoms with Gasteiger partial charge in [-0.05, 0) is 24.6 Å². The van der Waals surface area contributed by atoms with Crippen LogP contribution >= 0.6 is 11.3 Å². The van der Waals surface area contributed by atoms with Crippen molar-refractivity contribution in [2.24, 2.45) is 4.99 Å². The normalized spacial score (nSPS) is 11.7. The average Bonchev–Trinajstić information content (AvgIpc) is 3.05. The highest BCUT2D eigenvalue weighted by Gasteiger charge is 2.04. The number of aromatic nitrogens is 1. The van der Waals surface area contributed by atoms with Crippen LogP contribution in [0.4, 0.5) is 4.39 Å². The summed E-state index contributed by atoms with van der Waals surface area (Å²) in [5.74, 6) is 0.467. The predicted octanol–water partition coefficient (Wildman–Crippen LogP) is 3.73. The molecule has 0 fully saturated rings. The highest BCUT2D eigenvalue weighted by Crippen LogP contribution is 2.22. The fraction of sp³-hybridized carbons (Fsp3) is 0.263. The van der Waals surface area contributed by atoms with Gasteiger partial charge in [-0.15, -0.1) is 11.3 Å². The number of rotatable bonds is 6. The Balaban J connectivity index is 1.43. The van der Waals surface area contributed by atoms with Gasteiger partial charge in [-0.25, -0.2) is 9.37 Å². The molecule has 4 nitrogen and oxygen atoms in total. The zero-order valence-corrected chi connectivity index (χ0v) is 14.9. The van der Waals surface area contributed by atoms with Crippen molar-refractivity contribution in [3.63, 3.8) is 0 Å². The first-order valence-corrected chi connectivity index (χ1v) is 9.10. The summed E-state index contributed by atoms with van der Waals surface area (Å²) in [5, 5.41) is 7.54. The molecule has 0 radical (unpaired) electrons. The van der Waals surface area contributed by atoms with Crippen molar-refractivity contribution in [3.05, 3.63) is 64.9 Å². The Morgan fingerprint density at radius 3 is 2.72 bits per heavy atom. The largest absolute Gasteiger partial charge is 0.356 e. The van der Waals surface area contributed by atoms with E-state index in [9.17, 15) is 4.39 Å². The Kier molecular flexibility index (Phi) is 5.95. The maximum atomic E-state index is 13.6. The molecule has 2 aromatic carbocycles. The van der Waals surface area contributed by atoms with Gasteiger partial charge in [0, 0.05) is 32.1 Å². The van der Waals surface area contributed by atoms with Crippen LogP contribution in [-0.2, 0) is 13.0 Å². The minimum absolute atomic E-state index is 0.207. The first-order chi connectivity index (χ1) is 12.3. The van der Waals surface area contributed by atoms with E-state index in [1.54, 1.807) is 30.5 Å². The lowest BCUT2D eigenvalue weighted by molar-refractivity contribution is 0.604. The van der Waals surface area contributed by atoms with Gasteiger partial charge in [-0.3, -0.25) is 4.99 Å². The van der Waals surface area contributed by atoms with Crippen molar-refractivity contribution in [1.29, 1.82) is 0 Å². The second kappa shape index (κ2) is 8.58. The minimum atomic E-state index is -0.207. The predicted molar refractivity (Wildman–Crippen MR) is 103 cm³/mol. The van der Waals surface area contributed by atoms with Crippen LogP contribution in [0.15, 0.2) is 53.5 Å². The van der Waals surface area contributed by atoms with Gasteiger partial charge < -0.3 is 10.6 Å². The summed E-state index contributed by atoms with van der Waals surface area (Å²) >= 11 is 1.74. The Morgan fingerprint density at radius 2 is 1.92 bits per heavy atom. The number of benzene rings is 2. The second-order valence-corrected chi connectivity index (χ2v) is 6.74. The Hall–Kier alpha value is -2.47. The maximum absolute atomic E-state index is 13.6. The van der Waals surface area contributed by atoms with Gasteiger partial charge in [0.25, 0.3) is 0 Å². The molecular formula is C19H21FN4S. The summed E-state index contributed by atoms with van der Waals surface area (Å²) < 4.78 is 14.8. The molecule has 25 heavy (non-hydrogen) atoms. The lowest BCUT2D eigenvalue weighted by atomic mass is 10.2. The van der Waals surface area contributed by atoms with E-state index in [0.717, 1.165) is 29.9 Å². The van der Waals surface area contributed by atoms with Crippen LogP contribution in [0.3, 0.4) is 0 Å². The van der Waals surface area contributed by atoms with Crippen molar-refractivity contribution >= 4 is 27.5 Å². The van der Waals surface area contributed by atoms with Crippen LogP contribution in [-0.4, -0.2) is 24.5 Å². The van der Waals surface area contributed by atoms with Crippen molar-refractivity contribution < 1.29 is 4.39 Å². The SMILES string of the molecule is CN=C(NCCCc1nc2ccccc2s1)NCc1ccccc1F. The number of para-hydroxylation sites is 1. The van der Waals surface area contributed by atoms with Crippen LogP contribution in [0.5, 0.6) is 0 Å². The molecule has 0 aliphatic carbocycles. The fourth-order valence-corrected chi connectivity index (χ4v) is 3.52. The van der Waals surface area contributed by atoms with Gasteiger partial charge in [-0.2, -0.15) is 0 Å². The number of hydrogen-bond donors (Lipinski definition) is 2. The molecule has 0 aliphatic heterocycles. The van der Waals surface area contributed by atoms with E-state index < -0.39 is 0 Å². The smallest absolute Gasteiger partial charge is 0.191 e. The second-order valence-electron chi connectivity index (χ2n) is 5.62. The van der Waals surface area contributed by atoms with E-state index in [0.29, 0.717) is 18.1 Å². The summed E-state index contributed by atoms with van der Waals surface area (Å²) in [6, 6.07) is 14.9. The average molecular weight is 356 g/mol. The van der Waals surface area contributed by atoms with Gasteiger partial charge in [0.2, 0.25) is 0 Å². The molecule has 0 unspecified atom stereocenters. The third kappa shape index (κ3) is 4.76. The first kappa shape index (κ1) is 17.4. The van der Waals surface area contributed by atoms with Crippen LogP contribution in [0.2, 0.25) is 0 Å². The summed E-state index contributed by atoms with van der Waals surface area (Å²) in [5.41, 5.74) is 1.69. The third-order valence-electron chi connectivity index (χ3n) is 3.83. The lowest BCUT2D eigenvalue weighted by Crippen LogP contribution is -2.37. The molecule has 1 aromatic heterocycles. The molecule has 0 saturated carbocycles. The number of aliphatic imine (C=N–C) groups is 1. The number of nitrogens with zero attached hydrogens (tertiary/aromatic N) is 2. The van der Waals surface area contributed by atoms with E-state index in [1.165, 1.54) is 10.8 Å². The van der Waals surface area contributed by atoms with E-state index in [-0.39, 0.29) is 5.82 Å². The van der Waals surface area contributed by atoms with Crippen molar-refractivity contribution in [2.75, 3.05) is 13.6 Å². The number of guanidine groups is 1. The number of thiazole rings is 1. The minimum Gasteiger partial charge on any atom is -0.356 e. The lowest BCUT2D eigenvalue weighted by Gasteiger charge is -2.12. The van der Waals surface area contributed by atoms with Crippen molar-refractivity contribution in [1.82, 2.24) is 15.6 Å². The zero-order valence-electron chi connectivity index (χ0n) is 14.1. The highest BCUT2D eigenvalue weighted by atomic mass is 32.1. The maximum Gasteiger partial charge on any atom is 0.191 e. The van der Waals surface area contributed by atoms with Gasteiger partial charge >= 0.3 is 0 Å². The third-order valence-corrected chi connectivity index (χ3v) is 4.92. The molecule has 0 bridgehead atoms. The number of nitrogens with one attached hydrogen (secondary N) is 2. The topological polar surface area (TPSA) is 49.3 Å². The van der Waals surface area contributed by atoms with Gasteiger partial charge in [0.05, 0.1) is 15.2 Å². The summed E-state index contributed by atoms with van der Waals surface area (Å²) in [4.78, 5) is 8.81. The first-order valence-electron chi connectivity index (χ1n) is 8.28. The molecule has 2 N–H and O–H groups in total. The molecule has 0 atom stereocenters. The highest BCUT2D eigenvalue weighted by molar-refractivity contribution is 7.18. The van der Waals surface area contributed by atoms with E-state index >= 15 is 0 Å². The number of fused-ring (bicyclic) bond motifs is 1. The molecule has 0 amide bonds. The van der Waals surface area contributed by atoms with Crippen molar-refractivity contribution in [2.45, 2.75) is 19.4 Å². The molecule has 1 heterocycles. The molecule has 3 aromatic rings. The van der Waals surface area contributed by atoms with Crippen LogP contribution in [0.25, 0.3) is 10.2 Å². The Morgan fingerprint density at radius 1 is 1.12 bits per heavy atom. The van der Waals surface area contributed by atoms with Gasteiger partial charge in [0.15, 0.2) is 5.96 Å². The van der Waals surface area contributed by atoms with E-state index in [1.807, 2.05) is 24.3 Å². The van der Waals surface area contributed by atoms with Crippen LogP contribution in [0, 0.1) is 5.82 Å². The monoisotopic (exact) mass is 356 g/mol. The number of hydrogen-bond acceptors (Lipinski definition) is 3. The number of aryl methyl sites for hydroxylation is 1. The quantitative estimate of drug-likeness (QED) is 0.402. The molecule has 6 heteroatoms. The van der Waals surface area contributed by atoms with Gasteiger partial charge in [-0.1, -0.05) is 30.3 Å². The molecule has 0 spiro atoms.